The van der Waals surface area contributed by atoms with Crippen LogP contribution in [0.2, 0.25) is 0 Å². The van der Waals surface area contributed by atoms with Crippen LogP contribution in [0.4, 0.5) is 5.69 Å². The lowest BCUT2D eigenvalue weighted by molar-refractivity contribution is -0.858. The van der Waals surface area contributed by atoms with Gasteiger partial charge in [-0.2, -0.15) is 0 Å². The van der Waals surface area contributed by atoms with Crippen molar-refractivity contribution < 1.29 is 4.90 Å². The van der Waals surface area contributed by atoms with Crippen LogP contribution in [-0.4, -0.2) is 37.3 Å². The number of anilines is 1. The zero-order valence-corrected chi connectivity index (χ0v) is 14.9. The fourth-order valence-electron chi connectivity index (χ4n) is 2.07. The maximum atomic E-state index is 5.34. The molecule has 4 nitrogen and oxygen atoms in total. The summed E-state index contributed by atoms with van der Waals surface area (Å²) in [6.07, 6.45) is 1.10. The molecule has 0 radical (unpaired) electrons. The van der Waals surface area contributed by atoms with E-state index in [0.29, 0.717) is 5.11 Å². The van der Waals surface area contributed by atoms with Crippen LogP contribution in [0.15, 0.2) is 29.6 Å². The summed E-state index contributed by atoms with van der Waals surface area (Å²) >= 11 is 7.00. The summed E-state index contributed by atoms with van der Waals surface area (Å²) in [6, 6.07) is 8.17. The minimum atomic E-state index is 0.667. The molecule has 0 aliphatic carbocycles. The molecule has 0 saturated heterocycles. The molecule has 2 rings (SSSR count). The first kappa shape index (κ1) is 16.9. The maximum absolute atomic E-state index is 5.34. The highest BCUT2D eigenvalue weighted by Gasteiger charge is 2.04. The minimum Gasteiger partial charge on any atom is -0.362 e. The lowest BCUT2D eigenvalue weighted by Crippen LogP contribution is -3.05. The highest BCUT2D eigenvalue weighted by molar-refractivity contribution is 7.80. The van der Waals surface area contributed by atoms with E-state index in [1.165, 1.54) is 4.90 Å². The Kier molecular flexibility index (Phi) is 6.30. The summed E-state index contributed by atoms with van der Waals surface area (Å²) in [4.78, 5) is 5.97. The summed E-state index contributed by atoms with van der Waals surface area (Å²) in [5.74, 6) is 0. The standard InChI is InChI=1S/C16H22N4S2/c1-12-18-15(11-22-12)13-6-4-7-14(10-13)19-16(21)17-8-5-9-20(2)3/h4,6-7,10-11H,5,8-9H2,1-3H3,(H2,17,19,21)/p+1. The van der Waals surface area contributed by atoms with Gasteiger partial charge in [-0.05, 0) is 31.3 Å². The molecule has 118 valence electrons. The molecular formula is C16H23N4S2+. The number of thiazole rings is 1. The predicted octanol–water partition coefficient (Wildman–Crippen LogP) is 1.94. The van der Waals surface area contributed by atoms with E-state index in [-0.39, 0.29) is 0 Å². The van der Waals surface area contributed by atoms with Gasteiger partial charge >= 0.3 is 0 Å². The van der Waals surface area contributed by atoms with Crippen molar-refractivity contribution in [2.75, 3.05) is 32.5 Å². The van der Waals surface area contributed by atoms with Crippen molar-refractivity contribution in [3.8, 4) is 11.3 Å². The first-order valence-corrected chi connectivity index (χ1v) is 8.70. The van der Waals surface area contributed by atoms with E-state index in [4.69, 9.17) is 12.2 Å². The number of nitrogens with one attached hydrogen (secondary N) is 3. The highest BCUT2D eigenvalue weighted by atomic mass is 32.1. The smallest absolute Gasteiger partial charge is 0.170 e. The zero-order chi connectivity index (χ0) is 15.9. The Labute approximate surface area is 141 Å². The molecule has 0 unspecified atom stereocenters. The fourth-order valence-corrected chi connectivity index (χ4v) is 2.91. The molecular weight excluding hydrogens is 312 g/mol. The van der Waals surface area contributed by atoms with Crippen LogP contribution in [-0.2, 0) is 0 Å². The van der Waals surface area contributed by atoms with Gasteiger partial charge in [-0.15, -0.1) is 11.3 Å². The third-order valence-corrected chi connectivity index (χ3v) is 4.19. The molecule has 2 aromatic rings. The molecule has 0 bridgehead atoms. The molecule has 0 aliphatic heterocycles. The number of aromatic nitrogens is 1. The van der Waals surface area contributed by atoms with Crippen molar-refractivity contribution in [3.63, 3.8) is 0 Å². The van der Waals surface area contributed by atoms with E-state index in [1.54, 1.807) is 11.3 Å². The number of hydrogen-bond donors (Lipinski definition) is 3. The van der Waals surface area contributed by atoms with Crippen molar-refractivity contribution in [2.45, 2.75) is 13.3 Å². The maximum Gasteiger partial charge on any atom is 0.170 e. The van der Waals surface area contributed by atoms with Gasteiger partial charge in [0.15, 0.2) is 5.11 Å². The number of nitrogens with zero attached hydrogens (tertiary/aromatic N) is 1. The fraction of sp³-hybridized carbons (Fsp3) is 0.375. The lowest BCUT2D eigenvalue weighted by Gasteiger charge is -2.12. The SMILES string of the molecule is Cc1nc(-c2cccc(NC(=S)NCCC[NH+](C)C)c2)cs1. The predicted molar refractivity (Wildman–Crippen MR) is 98.8 cm³/mol. The third kappa shape index (κ3) is 5.36. The second-order valence-corrected chi connectivity index (χ2v) is 6.99. The van der Waals surface area contributed by atoms with Crippen LogP contribution in [0.25, 0.3) is 11.3 Å². The van der Waals surface area contributed by atoms with Gasteiger partial charge in [0.1, 0.15) is 0 Å². The molecule has 1 aromatic carbocycles. The average molecular weight is 336 g/mol. The van der Waals surface area contributed by atoms with Crippen LogP contribution < -0.4 is 15.5 Å². The van der Waals surface area contributed by atoms with E-state index in [9.17, 15) is 0 Å². The van der Waals surface area contributed by atoms with Crippen molar-refractivity contribution in [1.82, 2.24) is 10.3 Å². The molecule has 0 saturated carbocycles. The first-order chi connectivity index (χ1) is 10.5. The lowest BCUT2D eigenvalue weighted by atomic mass is 10.1. The van der Waals surface area contributed by atoms with Gasteiger partial charge in [-0.25, -0.2) is 4.98 Å². The number of hydrogen-bond acceptors (Lipinski definition) is 3. The van der Waals surface area contributed by atoms with Crippen LogP contribution in [0.5, 0.6) is 0 Å². The topological polar surface area (TPSA) is 41.4 Å². The largest absolute Gasteiger partial charge is 0.362 e. The van der Waals surface area contributed by atoms with Crippen molar-refractivity contribution in [2.24, 2.45) is 0 Å². The Bertz CT molecular complexity index is 622. The number of aryl methyl sites for hydroxylation is 1. The third-order valence-electron chi connectivity index (χ3n) is 3.17. The van der Waals surface area contributed by atoms with Gasteiger partial charge in [-0.1, -0.05) is 12.1 Å². The number of thiocarbonyl (C=S) groups is 1. The monoisotopic (exact) mass is 335 g/mol. The van der Waals surface area contributed by atoms with Gasteiger partial charge in [0.25, 0.3) is 0 Å². The molecule has 1 heterocycles. The summed E-state index contributed by atoms with van der Waals surface area (Å²) in [6.45, 7) is 4.04. The Hall–Kier alpha value is -1.50. The highest BCUT2D eigenvalue weighted by Crippen LogP contribution is 2.24. The van der Waals surface area contributed by atoms with E-state index in [2.05, 4.69) is 47.2 Å². The molecule has 3 N–H and O–H groups in total. The van der Waals surface area contributed by atoms with E-state index in [0.717, 1.165) is 41.5 Å². The second-order valence-electron chi connectivity index (χ2n) is 5.52. The van der Waals surface area contributed by atoms with Crippen LogP contribution in [0, 0.1) is 6.92 Å². The van der Waals surface area contributed by atoms with Crippen molar-refractivity contribution >= 4 is 34.4 Å². The molecule has 0 aliphatic rings. The number of rotatable bonds is 6. The van der Waals surface area contributed by atoms with Crippen LogP contribution in [0.1, 0.15) is 11.4 Å². The Morgan fingerprint density at radius 2 is 2.18 bits per heavy atom. The summed E-state index contributed by atoms with van der Waals surface area (Å²) in [5, 5.41) is 10.3. The molecule has 0 spiro atoms. The quantitative estimate of drug-likeness (QED) is 0.557. The van der Waals surface area contributed by atoms with Gasteiger partial charge in [0.05, 0.1) is 31.3 Å². The number of benzene rings is 1. The zero-order valence-electron chi connectivity index (χ0n) is 13.3. The van der Waals surface area contributed by atoms with Crippen LogP contribution >= 0.6 is 23.6 Å². The average Bonchev–Trinajstić information content (AvgIpc) is 2.90. The van der Waals surface area contributed by atoms with Crippen molar-refractivity contribution in [1.29, 1.82) is 0 Å². The molecule has 0 atom stereocenters. The molecule has 0 fully saturated rings. The van der Waals surface area contributed by atoms with Gasteiger partial charge in [-0.3, -0.25) is 0 Å². The number of quaternary nitrogens is 1. The Morgan fingerprint density at radius 1 is 1.36 bits per heavy atom. The minimum absolute atomic E-state index is 0.667. The van der Waals surface area contributed by atoms with E-state index >= 15 is 0 Å². The second kappa shape index (κ2) is 8.22. The normalized spacial score (nSPS) is 10.7. The Morgan fingerprint density at radius 3 is 2.86 bits per heavy atom. The molecule has 1 aromatic heterocycles. The molecule has 0 amide bonds. The van der Waals surface area contributed by atoms with E-state index < -0.39 is 0 Å². The summed E-state index contributed by atoms with van der Waals surface area (Å²) in [5.41, 5.74) is 3.10. The first-order valence-electron chi connectivity index (χ1n) is 7.41. The van der Waals surface area contributed by atoms with Gasteiger partial charge in [0.2, 0.25) is 0 Å². The van der Waals surface area contributed by atoms with Gasteiger partial charge < -0.3 is 15.5 Å². The van der Waals surface area contributed by atoms with Crippen molar-refractivity contribution in [3.05, 3.63) is 34.7 Å². The van der Waals surface area contributed by atoms with Crippen LogP contribution in [0.3, 0.4) is 0 Å². The van der Waals surface area contributed by atoms with Gasteiger partial charge in [0, 0.05) is 29.6 Å². The summed E-state index contributed by atoms with van der Waals surface area (Å²) < 4.78 is 0. The summed E-state index contributed by atoms with van der Waals surface area (Å²) in [7, 11) is 4.31. The Balaban J connectivity index is 1.89. The molecule has 22 heavy (non-hydrogen) atoms. The van der Waals surface area contributed by atoms with E-state index in [1.807, 2.05) is 19.1 Å². The molecule has 6 heteroatoms.